The highest BCUT2D eigenvalue weighted by Gasteiger charge is 2.71. The molecule has 7 rings (SSSR count). The van der Waals surface area contributed by atoms with E-state index in [9.17, 15) is 60.7 Å². The summed E-state index contributed by atoms with van der Waals surface area (Å²) in [4.78, 5) is 25.6. The number of aliphatic carboxylic acids is 2. The molecule has 20 unspecified atom stereocenters. The number of carboxylic acids is 2. The number of aliphatic hydroxyl groups is 8. The zero-order valence-corrected chi connectivity index (χ0v) is 33.6. The average molecular weight is 813 g/mol. The van der Waals surface area contributed by atoms with Gasteiger partial charge in [0, 0.05) is 5.41 Å². The third-order valence-electron chi connectivity index (χ3n) is 17.3. The average Bonchev–Trinajstić information content (AvgIpc) is 3.16. The molecule has 16 heteroatoms. The van der Waals surface area contributed by atoms with Gasteiger partial charge in [-0.3, -0.25) is 9.59 Å². The fraction of sp³-hybridized carbons (Fsp3) is 0.902. The number of allylic oxidation sites excluding steroid dienone is 2. The summed E-state index contributed by atoms with van der Waals surface area (Å²) in [5.41, 5.74) is -3.31. The van der Waals surface area contributed by atoms with E-state index in [4.69, 9.17) is 18.9 Å². The lowest BCUT2D eigenvalue weighted by Gasteiger charge is -2.71. The Morgan fingerprint density at radius 2 is 1.44 bits per heavy atom. The van der Waals surface area contributed by atoms with Crippen LogP contribution in [0.5, 0.6) is 0 Å². The summed E-state index contributed by atoms with van der Waals surface area (Å²) >= 11 is 0. The van der Waals surface area contributed by atoms with Crippen LogP contribution in [-0.2, 0) is 28.5 Å². The maximum absolute atomic E-state index is 13.1. The van der Waals surface area contributed by atoms with Crippen molar-refractivity contribution in [3.8, 4) is 0 Å². The van der Waals surface area contributed by atoms with Gasteiger partial charge in [-0.2, -0.15) is 0 Å². The summed E-state index contributed by atoms with van der Waals surface area (Å²) in [5, 5.41) is 107. The normalized spacial score (nSPS) is 55.0. The molecule has 2 saturated heterocycles. The topological polar surface area (TPSA) is 273 Å². The van der Waals surface area contributed by atoms with Gasteiger partial charge in [-0.25, -0.2) is 0 Å². The lowest BCUT2D eigenvalue weighted by molar-refractivity contribution is -0.357. The van der Waals surface area contributed by atoms with E-state index in [-0.39, 0.29) is 36.9 Å². The monoisotopic (exact) mass is 812 g/mol. The van der Waals surface area contributed by atoms with Crippen LogP contribution in [0.4, 0.5) is 0 Å². The Morgan fingerprint density at radius 1 is 0.772 bits per heavy atom. The van der Waals surface area contributed by atoms with Crippen molar-refractivity contribution >= 4 is 11.9 Å². The zero-order chi connectivity index (χ0) is 41.8. The molecule has 0 radical (unpaired) electrons. The van der Waals surface area contributed by atoms with Crippen LogP contribution in [-0.4, -0.2) is 150 Å². The molecule has 0 aromatic carbocycles. The van der Waals surface area contributed by atoms with Crippen molar-refractivity contribution in [2.75, 3.05) is 19.8 Å². The SMILES string of the molecule is CC1(C(=O)O)CCC2(C(=O)O)CCC3(C)C(=CCC4C5(C)CC(O)C(OC6OCC(OC7OC(CO)C(O)C(O)C7O)C(O)C6O)C(C)(CO)C5CCC43C)C2C1. The van der Waals surface area contributed by atoms with Gasteiger partial charge in [0.15, 0.2) is 12.6 Å². The molecule has 0 bridgehead atoms. The van der Waals surface area contributed by atoms with Crippen molar-refractivity contribution in [1.82, 2.24) is 0 Å². The van der Waals surface area contributed by atoms with Crippen molar-refractivity contribution in [3.05, 3.63) is 11.6 Å². The number of rotatable bonds is 8. The molecule has 324 valence electrons. The fourth-order valence-corrected chi connectivity index (χ4v) is 13.5. The van der Waals surface area contributed by atoms with E-state index >= 15 is 0 Å². The summed E-state index contributed by atoms with van der Waals surface area (Å²) in [5.74, 6) is -2.32. The molecule has 6 fully saturated rings. The van der Waals surface area contributed by atoms with E-state index in [1.807, 2.05) is 6.92 Å². The maximum Gasteiger partial charge on any atom is 0.310 e. The van der Waals surface area contributed by atoms with Gasteiger partial charge in [0.25, 0.3) is 0 Å². The van der Waals surface area contributed by atoms with Crippen molar-refractivity contribution in [2.45, 2.75) is 160 Å². The van der Waals surface area contributed by atoms with E-state index < -0.39 is 119 Å². The number of carbonyl (C=O) groups is 2. The second-order valence-electron chi connectivity index (χ2n) is 19.9. The number of aliphatic hydroxyl groups excluding tert-OH is 8. The van der Waals surface area contributed by atoms with Crippen LogP contribution in [0, 0.1) is 50.2 Å². The van der Waals surface area contributed by atoms with Crippen LogP contribution >= 0.6 is 0 Å². The summed E-state index contributed by atoms with van der Waals surface area (Å²) in [6.45, 7) is 8.87. The zero-order valence-electron chi connectivity index (χ0n) is 33.6. The van der Waals surface area contributed by atoms with Crippen molar-refractivity contribution in [1.29, 1.82) is 0 Å². The molecule has 2 aliphatic heterocycles. The first kappa shape index (κ1) is 43.3. The molecule has 16 nitrogen and oxygen atoms in total. The Hall–Kier alpha value is -1.80. The Morgan fingerprint density at radius 3 is 2.07 bits per heavy atom. The number of ether oxygens (including phenoxy) is 4. The fourth-order valence-electron chi connectivity index (χ4n) is 13.5. The molecule has 0 aromatic rings. The highest BCUT2D eigenvalue weighted by molar-refractivity contribution is 5.79. The van der Waals surface area contributed by atoms with Crippen molar-refractivity contribution in [3.63, 3.8) is 0 Å². The summed E-state index contributed by atoms with van der Waals surface area (Å²) < 4.78 is 23.2. The Balaban J connectivity index is 1.11. The number of fused-ring (bicyclic) bond motifs is 7. The molecule has 4 saturated carbocycles. The van der Waals surface area contributed by atoms with Crippen molar-refractivity contribution < 1.29 is 79.6 Å². The molecule has 0 amide bonds. The molecular formula is C41H64O16. The minimum atomic E-state index is -1.74. The molecule has 7 aliphatic rings. The second kappa shape index (κ2) is 14.7. The standard InChI is InChI=1S/C41H64O16/c1-36(34(50)51)10-12-41(35(52)53)13-11-39(4)19(20(41)14-36)6-7-25-37(2)15-21(44)31(38(3,18-43)24(37)8-9-40(25,39)5)57-32-29(48)27(46)23(17-54-32)56-33-30(49)28(47)26(45)22(16-42)55-33/h6,20-33,42-49H,7-18H2,1-5H3,(H,50,51)(H,52,53). The third kappa shape index (κ3) is 6.21. The third-order valence-corrected chi connectivity index (χ3v) is 17.3. The molecule has 20 atom stereocenters. The number of carboxylic acid groups (broad SMARTS) is 2. The van der Waals surface area contributed by atoms with Crippen LogP contribution < -0.4 is 0 Å². The smallest absolute Gasteiger partial charge is 0.310 e. The molecule has 2 heterocycles. The summed E-state index contributed by atoms with van der Waals surface area (Å²) in [6, 6.07) is 0. The predicted octanol–water partition coefficient (Wildman–Crippen LogP) is 0.529. The first-order valence-electron chi connectivity index (χ1n) is 20.6. The van der Waals surface area contributed by atoms with Gasteiger partial charge in [-0.1, -0.05) is 39.3 Å². The van der Waals surface area contributed by atoms with E-state index in [0.29, 0.717) is 44.9 Å². The van der Waals surface area contributed by atoms with Crippen LogP contribution in [0.1, 0.15) is 92.4 Å². The van der Waals surface area contributed by atoms with Crippen LogP contribution in [0.3, 0.4) is 0 Å². The van der Waals surface area contributed by atoms with Crippen molar-refractivity contribution in [2.24, 2.45) is 50.2 Å². The Kier molecular flexibility index (Phi) is 11.2. The van der Waals surface area contributed by atoms with Gasteiger partial charge in [0.2, 0.25) is 0 Å². The molecule has 0 spiro atoms. The van der Waals surface area contributed by atoms with Crippen LogP contribution in [0.15, 0.2) is 11.6 Å². The van der Waals surface area contributed by atoms with Gasteiger partial charge in [0.1, 0.15) is 42.7 Å². The predicted molar refractivity (Wildman–Crippen MR) is 197 cm³/mol. The largest absolute Gasteiger partial charge is 0.481 e. The molecule has 57 heavy (non-hydrogen) atoms. The number of hydrogen-bond acceptors (Lipinski definition) is 14. The molecule has 5 aliphatic carbocycles. The van der Waals surface area contributed by atoms with Gasteiger partial charge >= 0.3 is 11.9 Å². The first-order chi connectivity index (χ1) is 26.6. The maximum atomic E-state index is 13.1. The van der Waals surface area contributed by atoms with Crippen LogP contribution in [0.25, 0.3) is 0 Å². The summed E-state index contributed by atoms with van der Waals surface area (Å²) in [6.07, 6.45) is -9.62. The van der Waals surface area contributed by atoms with E-state index in [2.05, 4.69) is 26.8 Å². The van der Waals surface area contributed by atoms with Gasteiger partial charge in [-0.15, -0.1) is 0 Å². The van der Waals surface area contributed by atoms with E-state index in [1.54, 1.807) is 6.92 Å². The Bertz CT molecular complexity index is 1590. The van der Waals surface area contributed by atoms with Gasteiger partial charge in [0.05, 0.1) is 42.9 Å². The lowest BCUT2D eigenvalue weighted by atomic mass is 9.33. The molecule has 10 N–H and O–H groups in total. The van der Waals surface area contributed by atoms with Gasteiger partial charge in [-0.05, 0) is 98.7 Å². The highest BCUT2D eigenvalue weighted by Crippen LogP contribution is 2.76. The summed E-state index contributed by atoms with van der Waals surface area (Å²) in [7, 11) is 0. The Labute approximate surface area is 332 Å². The molecular weight excluding hydrogens is 748 g/mol. The second-order valence-corrected chi connectivity index (χ2v) is 19.9. The van der Waals surface area contributed by atoms with Crippen LogP contribution in [0.2, 0.25) is 0 Å². The highest BCUT2D eigenvalue weighted by atomic mass is 16.7. The quantitative estimate of drug-likeness (QED) is 0.118. The molecule has 0 aromatic heterocycles. The first-order valence-corrected chi connectivity index (χ1v) is 20.6. The van der Waals surface area contributed by atoms with E-state index in [0.717, 1.165) is 12.0 Å². The van der Waals surface area contributed by atoms with Gasteiger partial charge < -0.3 is 70.0 Å². The minimum Gasteiger partial charge on any atom is -0.481 e. The van der Waals surface area contributed by atoms with E-state index in [1.165, 1.54) is 0 Å². The lowest BCUT2D eigenvalue weighted by Crippen LogP contribution is -2.69. The minimum absolute atomic E-state index is 0.0180. The number of hydrogen-bond donors (Lipinski definition) is 10.